The van der Waals surface area contributed by atoms with Crippen molar-refractivity contribution in [2.45, 2.75) is 6.18 Å². The van der Waals surface area contributed by atoms with Crippen LogP contribution in [0.25, 0.3) is 11.0 Å². The fourth-order valence-electron chi connectivity index (χ4n) is 1.32. The molecule has 0 aliphatic carbocycles. The number of halogens is 3. The maximum atomic E-state index is 12.4. The van der Waals surface area contributed by atoms with Gasteiger partial charge in [-0.25, -0.2) is 0 Å². The lowest BCUT2D eigenvalue weighted by Crippen LogP contribution is -2.12. The highest BCUT2D eigenvalue weighted by atomic mass is 19.4. The predicted octanol–water partition coefficient (Wildman–Crippen LogP) is 2.52. The van der Waals surface area contributed by atoms with Gasteiger partial charge in [0.25, 0.3) is 5.76 Å². The number of hydrogen-bond acceptors (Lipinski definition) is 3. The van der Waals surface area contributed by atoms with Crippen molar-refractivity contribution < 1.29 is 22.7 Å². The number of rotatable bonds is 0. The van der Waals surface area contributed by atoms with Crippen LogP contribution in [0.5, 0.6) is 5.75 Å². The Morgan fingerprint density at radius 2 is 1.81 bits per heavy atom. The molecule has 1 aromatic carbocycles. The van der Waals surface area contributed by atoms with E-state index in [0.29, 0.717) is 0 Å². The molecule has 2 aromatic rings. The molecule has 0 aliphatic rings. The van der Waals surface area contributed by atoms with E-state index in [1.165, 1.54) is 24.3 Å². The second-order valence-electron chi connectivity index (χ2n) is 3.10. The van der Waals surface area contributed by atoms with Crippen molar-refractivity contribution in [3.8, 4) is 5.75 Å². The van der Waals surface area contributed by atoms with Crippen molar-refractivity contribution >= 4 is 11.0 Å². The zero-order valence-electron chi connectivity index (χ0n) is 7.71. The number of fused-ring (bicyclic) bond motifs is 1. The first-order chi connectivity index (χ1) is 7.41. The van der Waals surface area contributed by atoms with Crippen molar-refractivity contribution in [2.75, 3.05) is 0 Å². The molecule has 0 spiro atoms. The first-order valence-electron chi connectivity index (χ1n) is 4.23. The largest absolute Gasteiger partial charge is 0.502 e. The highest BCUT2D eigenvalue weighted by Crippen LogP contribution is 2.35. The lowest BCUT2D eigenvalue weighted by Gasteiger charge is -2.07. The third kappa shape index (κ3) is 1.52. The maximum absolute atomic E-state index is 12.4. The van der Waals surface area contributed by atoms with Crippen LogP contribution in [0.3, 0.4) is 0 Å². The molecule has 1 heterocycles. The van der Waals surface area contributed by atoms with Gasteiger partial charge in [0.05, 0.1) is 5.39 Å². The topological polar surface area (TPSA) is 50.4 Å². The van der Waals surface area contributed by atoms with Gasteiger partial charge in [-0.3, -0.25) is 4.79 Å². The highest BCUT2D eigenvalue weighted by molar-refractivity contribution is 5.77. The molecule has 0 fully saturated rings. The van der Waals surface area contributed by atoms with Crippen LogP contribution in [0.1, 0.15) is 5.76 Å². The molecule has 0 atom stereocenters. The van der Waals surface area contributed by atoms with Crippen LogP contribution in [0.4, 0.5) is 13.2 Å². The Morgan fingerprint density at radius 3 is 2.44 bits per heavy atom. The highest BCUT2D eigenvalue weighted by Gasteiger charge is 2.39. The normalized spacial score (nSPS) is 11.9. The molecule has 0 saturated carbocycles. The molecule has 16 heavy (non-hydrogen) atoms. The van der Waals surface area contributed by atoms with Crippen molar-refractivity contribution in [3.63, 3.8) is 0 Å². The van der Waals surface area contributed by atoms with Gasteiger partial charge in [-0.2, -0.15) is 13.2 Å². The lowest BCUT2D eigenvalue weighted by atomic mass is 10.2. The molecule has 0 bridgehead atoms. The monoisotopic (exact) mass is 230 g/mol. The predicted molar refractivity (Wildman–Crippen MR) is 49.2 cm³/mol. The minimum absolute atomic E-state index is 0.0898. The Kier molecular flexibility index (Phi) is 2.15. The van der Waals surface area contributed by atoms with E-state index in [4.69, 9.17) is 5.11 Å². The van der Waals surface area contributed by atoms with E-state index in [9.17, 15) is 18.0 Å². The molecule has 2 rings (SSSR count). The van der Waals surface area contributed by atoms with Crippen LogP contribution in [0.15, 0.2) is 33.5 Å². The quantitative estimate of drug-likeness (QED) is 0.756. The standard InChI is InChI=1S/C10H5F3O3/c11-10(12,13)9-8(15)7(14)5-3-1-2-4-6(5)16-9/h1-4,15H. The molecule has 3 nitrogen and oxygen atoms in total. The summed E-state index contributed by atoms with van der Waals surface area (Å²) in [6, 6.07) is 5.40. The van der Waals surface area contributed by atoms with Crippen molar-refractivity contribution in [2.24, 2.45) is 0 Å². The third-order valence-electron chi connectivity index (χ3n) is 2.03. The molecular formula is C10H5F3O3. The third-order valence-corrected chi connectivity index (χ3v) is 2.03. The number of benzene rings is 1. The van der Waals surface area contributed by atoms with Crippen LogP contribution < -0.4 is 5.43 Å². The van der Waals surface area contributed by atoms with Gasteiger partial charge in [0.15, 0.2) is 0 Å². The first kappa shape index (κ1) is 10.5. The summed E-state index contributed by atoms with van der Waals surface area (Å²) in [6.07, 6.45) is -4.90. The van der Waals surface area contributed by atoms with E-state index in [1.807, 2.05) is 0 Å². The van der Waals surface area contributed by atoms with Gasteiger partial charge in [0, 0.05) is 0 Å². The van der Waals surface area contributed by atoms with Crippen LogP contribution >= 0.6 is 0 Å². The molecule has 1 N–H and O–H groups in total. The maximum Gasteiger partial charge on any atom is 0.453 e. The van der Waals surface area contributed by atoms with Gasteiger partial charge < -0.3 is 9.52 Å². The van der Waals surface area contributed by atoms with Gasteiger partial charge in [-0.1, -0.05) is 12.1 Å². The number of aromatic hydroxyl groups is 1. The molecule has 0 radical (unpaired) electrons. The van der Waals surface area contributed by atoms with E-state index in [1.54, 1.807) is 0 Å². The number of para-hydroxylation sites is 1. The van der Waals surface area contributed by atoms with E-state index < -0.39 is 23.1 Å². The van der Waals surface area contributed by atoms with E-state index in [2.05, 4.69) is 4.42 Å². The Labute approximate surface area is 86.7 Å². The number of alkyl halides is 3. The fraction of sp³-hybridized carbons (Fsp3) is 0.100. The van der Waals surface area contributed by atoms with Crippen molar-refractivity contribution in [1.82, 2.24) is 0 Å². The molecule has 84 valence electrons. The minimum atomic E-state index is -4.90. The first-order valence-corrected chi connectivity index (χ1v) is 4.23. The summed E-state index contributed by atoms with van der Waals surface area (Å²) in [6.45, 7) is 0. The summed E-state index contributed by atoms with van der Waals surface area (Å²) in [4.78, 5) is 11.4. The smallest absolute Gasteiger partial charge is 0.453 e. The summed E-state index contributed by atoms with van der Waals surface area (Å²) >= 11 is 0. The van der Waals surface area contributed by atoms with Gasteiger partial charge in [-0.15, -0.1) is 0 Å². The lowest BCUT2D eigenvalue weighted by molar-refractivity contribution is -0.154. The van der Waals surface area contributed by atoms with Crippen LogP contribution in [-0.2, 0) is 6.18 Å². The van der Waals surface area contributed by atoms with Crippen molar-refractivity contribution in [1.29, 1.82) is 0 Å². The Balaban J connectivity index is 2.90. The molecule has 0 unspecified atom stereocenters. The molecule has 1 aromatic heterocycles. The average Bonchev–Trinajstić information content (AvgIpc) is 2.22. The van der Waals surface area contributed by atoms with Gasteiger partial charge in [0.1, 0.15) is 5.58 Å². The summed E-state index contributed by atoms with van der Waals surface area (Å²) in [5.41, 5.74) is -1.30. The zero-order chi connectivity index (χ0) is 11.9. The fourth-order valence-corrected chi connectivity index (χ4v) is 1.32. The zero-order valence-corrected chi connectivity index (χ0v) is 7.71. The molecular weight excluding hydrogens is 225 g/mol. The molecule has 0 amide bonds. The molecule has 0 saturated heterocycles. The minimum Gasteiger partial charge on any atom is -0.502 e. The van der Waals surface area contributed by atoms with Crippen molar-refractivity contribution in [3.05, 3.63) is 40.2 Å². The summed E-state index contributed by atoms with van der Waals surface area (Å²) in [5.74, 6) is -3.08. The second kappa shape index (κ2) is 3.26. The molecule has 0 aliphatic heterocycles. The second-order valence-corrected chi connectivity index (χ2v) is 3.10. The average molecular weight is 230 g/mol. The van der Waals surface area contributed by atoms with E-state index in [-0.39, 0.29) is 11.0 Å². The Bertz CT molecular complexity index is 598. The SMILES string of the molecule is O=c1c(O)c(C(F)(F)F)oc2ccccc12. The van der Waals surface area contributed by atoms with Crippen LogP contribution in [-0.4, -0.2) is 5.11 Å². The van der Waals surface area contributed by atoms with Gasteiger partial charge in [-0.05, 0) is 12.1 Å². The van der Waals surface area contributed by atoms with Crippen LogP contribution in [0.2, 0.25) is 0 Å². The molecule has 6 heteroatoms. The van der Waals surface area contributed by atoms with Gasteiger partial charge >= 0.3 is 6.18 Å². The Morgan fingerprint density at radius 1 is 1.19 bits per heavy atom. The Hall–Kier alpha value is -1.98. The van der Waals surface area contributed by atoms with E-state index >= 15 is 0 Å². The summed E-state index contributed by atoms with van der Waals surface area (Å²) < 4.78 is 41.6. The number of hydrogen-bond donors (Lipinski definition) is 1. The summed E-state index contributed by atoms with van der Waals surface area (Å²) in [7, 11) is 0. The van der Waals surface area contributed by atoms with Crippen LogP contribution in [0, 0.1) is 0 Å². The summed E-state index contributed by atoms with van der Waals surface area (Å²) in [5, 5.41) is 9.02. The van der Waals surface area contributed by atoms with E-state index in [0.717, 1.165) is 0 Å². The van der Waals surface area contributed by atoms with Gasteiger partial charge in [0.2, 0.25) is 11.2 Å².